The summed E-state index contributed by atoms with van der Waals surface area (Å²) in [6.45, 7) is 3.63. The third-order valence-electron chi connectivity index (χ3n) is 6.03. The molecule has 2 amide bonds. The van der Waals surface area contributed by atoms with Crippen molar-refractivity contribution in [1.82, 2.24) is 4.90 Å². The largest absolute Gasteiger partial charge is 0.450 e. The highest BCUT2D eigenvalue weighted by molar-refractivity contribution is 6.17. The molecule has 5 rings (SSSR count). The van der Waals surface area contributed by atoms with Gasteiger partial charge in [0.1, 0.15) is 5.58 Å². The van der Waals surface area contributed by atoms with E-state index in [-0.39, 0.29) is 30.4 Å². The van der Waals surface area contributed by atoms with Gasteiger partial charge in [0, 0.05) is 18.7 Å². The van der Waals surface area contributed by atoms with Crippen LogP contribution >= 0.6 is 0 Å². The molecule has 0 saturated carbocycles. The van der Waals surface area contributed by atoms with Gasteiger partial charge < -0.3 is 19.3 Å². The third-order valence-corrected chi connectivity index (χ3v) is 6.03. The van der Waals surface area contributed by atoms with E-state index in [9.17, 15) is 19.5 Å². The molecule has 2 aromatic carbocycles. The molecule has 2 aliphatic rings. The fraction of sp³-hybridized carbons (Fsp3) is 0.261. The Bertz CT molecular complexity index is 1290. The Balaban J connectivity index is 1.95. The maximum atomic E-state index is 13.8. The molecule has 30 heavy (non-hydrogen) atoms. The van der Waals surface area contributed by atoms with Crippen LogP contribution in [0.15, 0.2) is 51.7 Å². The van der Waals surface area contributed by atoms with Crippen molar-refractivity contribution >= 4 is 28.5 Å². The van der Waals surface area contributed by atoms with Crippen molar-refractivity contribution in [2.75, 3.05) is 24.6 Å². The Morgan fingerprint density at radius 3 is 2.60 bits per heavy atom. The van der Waals surface area contributed by atoms with Crippen LogP contribution < -0.4 is 10.3 Å². The number of aliphatic hydroxyl groups is 1. The number of nitrogens with zero attached hydrogens (tertiary/aromatic N) is 2. The summed E-state index contributed by atoms with van der Waals surface area (Å²) in [5, 5.41) is 10.0. The Morgan fingerprint density at radius 1 is 1.10 bits per heavy atom. The molecule has 7 nitrogen and oxygen atoms in total. The number of fused-ring (bicyclic) bond motifs is 5. The summed E-state index contributed by atoms with van der Waals surface area (Å²) in [7, 11) is 0. The zero-order valence-corrected chi connectivity index (χ0v) is 16.6. The van der Waals surface area contributed by atoms with Crippen LogP contribution in [-0.2, 0) is 10.3 Å². The SMILES string of the molecule is CCN1C(=O)C2(c3ccccc31)c1c(oc3ccc(C)cc3c1=O)C(=O)N2CCO. The molecule has 7 heteroatoms. The predicted molar refractivity (Wildman–Crippen MR) is 111 cm³/mol. The number of carbonyl (C=O) groups excluding carboxylic acids is 2. The molecule has 1 unspecified atom stereocenters. The Hall–Kier alpha value is -3.45. The van der Waals surface area contributed by atoms with Crippen LogP contribution in [0.3, 0.4) is 0 Å². The number of amides is 2. The van der Waals surface area contributed by atoms with E-state index in [1.54, 1.807) is 41.3 Å². The van der Waals surface area contributed by atoms with Gasteiger partial charge in [0.25, 0.3) is 11.8 Å². The van der Waals surface area contributed by atoms with Gasteiger partial charge in [0.2, 0.25) is 5.76 Å². The van der Waals surface area contributed by atoms with Crippen LogP contribution in [0.2, 0.25) is 0 Å². The fourth-order valence-corrected chi connectivity index (χ4v) is 4.82. The highest BCUT2D eigenvalue weighted by Crippen LogP contribution is 2.52. The van der Waals surface area contributed by atoms with Gasteiger partial charge in [-0.25, -0.2) is 0 Å². The molecule has 0 bridgehead atoms. The molecule has 1 atom stereocenters. The zero-order chi connectivity index (χ0) is 21.2. The smallest absolute Gasteiger partial charge is 0.291 e. The molecular formula is C23H20N2O5. The molecule has 0 radical (unpaired) electrons. The van der Waals surface area contributed by atoms with Gasteiger partial charge in [-0.05, 0) is 32.0 Å². The first kappa shape index (κ1) is 18.6. The van der Waals surface area contributed by atoms with Gasteiger partial charge in [-0.3, -0.25) is 14.4 Å². The van der Waals surface area contributed by atoms with Crippen LogP contribution in [0.25, 0.3) is 11.0 Å². The molecule has 0 fully saturated rings. The van der Waals surface area contributed by atoms with Gasteiger partial charge in [0.05, 0.1) is 23.2 Å². The van der Waals surface area contributed by atoms with E-state index in [1.165, 1.54) is 4.90 Å². The summed E-state index contributed by atoms with van der Waals surface area (Å²) in [5.41, 5.74) is 0.366. The number of anilines is 1. The fourth-order valence-electron chi connectivity index (χ4n) is 4.82. The normalized spacial score (nSPS) is 19.8. The van der Waals surface area contributed by atoms with Gasteiger partial charge in [-0.15, -0.1) is 0 Å². The summed E-state index contributed by atoms with van der Waals surface area (Å²) < 4.78 is 5.90. The lowest BCUT2D eigenvalue weighted by atomic mass is 9.84. The van der Waals surface area contributed by atoms with E-state index in [4.69, 9.17) is 4.42 Å². The second-order valence-corrected chi connectivity index (χ2v) is 7.59. The molecule has 1 N–H and O–H groups in total. The third kappa shape index (κ3) is 2.05. The van der Waals surface area contributed by atoms with Gasteiger partial charge >= 0.3 is 0 Å². The summed E-state index contributed by atoms with van der Waals surface area (Å²) in [5.74, 6) is -1.09. The Labute approximate surface area is 172 Å². The number of hydrogen-bond donors (Lipinski definition) is 1. The number of aliphatic hydroxyl groups excluding tert-OH is 1. The molecule has 152 valence electrons. The minimum Gasteiger partial charge on any atom is -0.450 e. The quantitative estimate of drug-likeness (QED) is 0.722. The van der Waals surface area contributed by atoms with Crippen molar-refractivity contribution in [3.05, 3.63) is 75.1 Å². The van der Waals surface area contributed by atoms with Crippen molar-refractivity contribution in [1.29, 1.82) is 0 Å². The van der Waals surface area contributed by atoms with Crippen LogP contribution in [0.4, 0.5) is 5.69 Å². The van der Waals surface area contributed by atoms with Gasteiger partial charge in [0.15, 0.2) is 11.0 Å². The minimum absolute atomic E-state index is 0.0347. The number of rotatable bonds is 3. The molecular weight excluding hydrogens is 384 g/mol. The van der Waals surface area contributed by atoms with Crippen LogP contribution in [-0.4, -0.2) is 41.5 Å². The number of para-hydroxylation sites is 1. The average molecular weight is 404 g/mol. The first-order valence-corrected chi connectivity index (χ1v) is 9.89. The molecule has 0 saturated heterocycles. The van der Waals surface area contributed by atoms with Gasteiger partial charge in [-0.1, -0.05) is 29.8 Å². The number of carbonyl (C=O) groups is 2. The van der Waals surface area contributed by atoms with Gasteiger partial charge in [-0.2, -0.15) is 0 Å². The van der Waals surface area contributed by atoms with E-state index < -0.39 is 16.9 Å². The summed E-state index contributed by atoms with van der Waals surface area (Å²) in [4.78, 5) is 43.8. The Morgan fingerprint density at radius 2 is 1.87 bits per heavy atom. The second-order valence-electron chi connectivity index (χ2n) is 7.59. The second kappa shape index (κ2) is 6.27. The maximum Gasteiger partial charge on any atom is 0.291 e. The predicted octanol–water partition coefficient (Wildman–Crippen LogP) is 2.16. The monoisotopic (exact) mass is 404 g/mol. The number of benzene rings is 2. The molecule has 3 aromatic rings. The molecule has 1 spiro atoms. The first-order chi connectivity index (χ1) is 14.5. The van der Waals surface area contributed by atoms with Crippen LogP contribution in [0.1, 0.15) is 34.2 Å². The van der Waals surface area contributed by atoms with Crippen molar-refractivity contribution in [2.45, 2.75) is 19.4 Å². The average Bonchev–Trinajstić information content (AvgIpc) is 3.14. The van der Waals surface area contributed by atoms with Crippen molar-refractivity contribution in [3.8, 4) is 0 Å². The van der Waals surface area contributed by atoms with E-state index in [0.717, 1.165) is 5.56 Å². The molecule has 2 aliphatic heterocycles. The highest BCUT2D eigenvalue weighted by atomic mass is 16.3. The number of β-amino-alcohol motifs (C(OH)–C–C–N with tert-alkyl or cyclic N) is 1. The molecule has 1 aromatic heterocycles. The van der Waals surface area contributed by atoms with Crippen LogP contribution in [0.5, 0.6) is 0 Å². The maximum absolute atomic E-state index is 13.8. The van der Waals surface area contributed by atoms with Crippen molar-refractivity contribution in [3.63, 3.8) is 0 Å². The van der Waals surface area contributed by atoms with Crippen LogP contribution in [0, 0.1) is 6.92 Å². The summed E-state index contributed by atoms with van der Waals surface area (Å²) in [6, 6.07) is 12.3. The zero-order valence-electron chi connectivity index (χ0n) is 16.6. The van der Waals surface area contributed by atoms with Crippen molar-refractivity contribution < 1.29 is 19.1 Å². The van der Waals surface area contributed by atoms with E-state index in [2.05, 4.69) is 0 Å². The highest BCUT2D eigenvalue weighted by Gasteiger charge is 2.64. The topological polar surface area (TPSA) is 91.1 Å². The minimum atomic E-state index is -1.64. The molecule has 0 aliphatic carbocycles. The van der Waals surface area contributed by atoms with E-state index >= 15 is 0 Å². The number of hydrogen-bond acceptors (Lipinski definition) is 5. The Kier molecular flexibility index (Phi) is 3.88. The molecule has 3 heterocycles. The number of aryl methyl sites for hydroxylation is 1. The lowest BCUT2D eigenvalue weighted by Crippen LogP contribution is -2.54. The van der Waals surface area contributed by atoms with Crippen molar-refractivity contribution in [2.24, 2.45) is 0 Å². The summed E-state index contributed by atoms with van der Waals surface area (Å²) in [6.07, 6.45) is 0. The lowest BCUT2D eigenvalue weighted by molar-refractivity contribution is -0.126. The first-order valence-electron chi connectivity index (χ1n) is 9.89. The lowest BCUT2D eigenvalue weighted by Gasteiger charge is -2.33. The summed E-state index contributed by atoms with van der Waals surface area (Å²) >= 11 is 0. The standard InChI is InChI=1S/C23H20N2O5/c1-3-24-16-7-5-4-6-15(16)23(22(24)29)18-19(27)14-12-13(2)8-9-17(14)30-20(18)21(28)25(23)10-11-26/h4-9,12,26H,3,10-11H2,1-2H3. The van der Waals surface area contributed by atoms with E-state index in [0.29, 0.717) is 28.8 Å². The van der Waals surface area contributed by atoms with E-state index in [1.807, 2.05) is 19.9 Å². The number of likely N-dealkylation sites (N-methyl/N-ethyl adjacent to an activating group) is 1.